The number of carbonyl (C=O) groups excluding carboxylic acids is 1. The molecule has 0 unspecified atom stereocenters. The Morgan fingerprint density at radius 3 is 2.83 bits per heavy atom. The minimum absolute atomic E-state index is 0.0516. The van der Waals surface area contributed by atoms with Crippen molar-refractivity contribution in [1.29, 1.82) is 0 Å². The maximum absolute atomic E-state index is 11.9. The summed E-state index contributed by atoms with van der Waals surface area (Å²) in [6, 6.07) is 4.73. The van der Waals surface area contributed by atoms with Crippen LogP contribution in [0, 0.1) is 0 Å². The van der Waals surface area contributed by atoms with E-state index in [4.69, 9.17) is 9.84 Å². The van der Waals surface area contributed by atoms with E-state index in [0.717, 1.165) is 6.42 Å². The third-order valence-corrected chi connectivity index (χ3v) is 3.38. The number of halogens is 1. The number of nitrogens with one attached hydrogen (secondary N) is 1. The quantitative estimate of drug-likeness (QED) is 0.897. The Labute approximate surface area is 112 Å². The lowest BCUT2D eigenvalue weighted by Gasteiger charge is -2.13. The van der Waals surface area contributed by atoms with Gasteiger partial charge in [0.2, 0.25) is 0 Å². The van der Waals surface area contributed by atoms with Gasteiger partial charge in [0.05, 0.1) is 11.3 Å². The molecule has 1 saturated heterocycles. The molecule has 5 nitrogen and oxygen atoms in total. The van der Waals surface area contributed by atoms with Crippen molar-refractivity contribution in [2.75, 3.05) is 11.9 Å². The Morgan fingerprint density at radius 1 is 1.44 bits per heavy atom. The van der Waals surface area contributed by atoms with Crippen LogP contribution < -0.4 is 5.32 Å². The summed E-state index contributed by atoms with van der Waals surface area (Å²) in [5, 5.41) is 11.7. The molecule has 2 N–H and O–H groups in total. The number of carboxylic acids is 1. The van der Waals surface area contributed by atoms with Gasteiger partial charge in [0.25, 0.3) is 5.91 Å². The van der Waals surface area contributed by atoms with Crippen molar-refractivity contribution in [3.05, 3.63) is 28.2 Å². The molecule has 0 bridgehead atoms. The summed E-state index contributed by atoms with van der Waals surface area (Å²) in [6.07, 6.45) is 1.03. The lowest BCUT2D eigenvalue weighted by atomic mass is 10.1. The van der Waals surface area contributed by atoms with Gasteiger partial charge in [-0.3, -0.25) is 4.79 Å². The second-order valence-corrected chi connectivity index (χ2v) is 4.81. The topological polar surface area (TPSA) is 75.6 Å². The SMILES string of the molecule is O=C(O)c1cccc(Br)c1NC(=O)[C@@H]1CCCO1. The number of ether oxygens (including phenoxy) is 1. The molecule has 1 fully saturated rings. The molecule has 1 amide bonds. The Bertz CT molecular complexity index is 483. The van der Waals surface area contributed by atoms with E-state index in [1.165, 1.54) is 6.07 Å². The highest BCUT2D eigenvalue weighted by Crippen LogP contribution is 2.27. The molecular weight excluding hydrogens is 302 g/mol. The van der Waals surface area contributed by atoms with Gasteiger partial charge in [-0.2, -0.15) is 0 Å². The van der Waals surface area contributed by atoms with Gasteiger partial charge in [0.1, 0.15) is 6.10 Å². The fraction of sp³-hybridized carbons (Fsp3) is 0.333. The molecular formula is C12H12BrNO4. The normalized spacial score (nSPS) is 18.6. The smallest absolute Gasteiger partial charge is 0.337 e. The van der Waals surface area contributed by atoms with Crippen LogP contribution in [0.3, 0.4) is 0 Å². The molecule has 1 aromatic rings. The standard InChI is InChI=1S/C12H12BrNO4/c13-8-4-1-3-7(12(16)17)10(8)14-11(15)9-5-2-6-18-9/h1,3-4,9H,2,5-6H2,(H,14,15)(H,16,17)/t9-/m0/s1. The van der Waals surface area contributed by atoms with Crippen LogP contribution in [0.4, 0.5) is 5.69 Å². The second kappa shape index (κ2) is 5.49. The first-order valence-corrected chi connectivity index (χ1v) is 6.33. The van der Waals surface area contributed by atoms with Crippen LogP contribution in [0.25, 0.3) is 0 Å². The summed E-state index contributed by atoms with van der Waals surface area (Å²) in [4.78, 5) is 23.0. The van der Waals surface area contributed by atoms with Crippen molar-refractivity contribution < 1.29 is 19.4 Å². The number of carboxylic acid groups (broad SMARTS) is 1. The number of para-hydroxylation sites is 1. The largest absolute Gasteiger partial charge is 0.478 e. The van der Waals surface area contributed by atoms with Gasteiger partial charge >= 0.3 is 5.97 Å². The van der Waals surface area contributed by atoms with Crippen molar-refractivity contribution in [3.8, 4) is 0 Å². The van der Waals surface area contributed by atoms with E-state index in [1.807, 2.05) is 0 Å². The number of hydrogen-bond donors (Lipinski definition) is 2. The molecule has 1 aromatic carbocycles. The summed E-state index contributed by atoms with van der Waals surface area (Å²) >= 11 is 3.23. The Balaban J connectivity index is 2.22. The maximum atomic E-state index is 11.9. The molecule has 1 aliphatic heterocycles. The van der Waals surface area contributed by atoms with Crippen LogP contribution >= 0.6 is 15.9 Å². The molecule has 96 valence electrons. The monoisotopic (exact) mass is 313 g/mol. The van der Waals surface area contributed by atoms with Crippen molar-refractivity contribution in [3.63, 3.8) is 0 Å². The third-order valence-electron chi connectivity index (χ3n) is 2.71. The first kappa shape index (κ1) is 13.0. The summed E-state index contributed by atoms with van der Waals surface area (Å²) in [5.41, 5.74) is 0.321. The third kappa shape index (κ3) is 2.70. The lowest BCUT2D eigenvalue weighted by molar-refractivity contribution is -0.124. The van der Waals surface area contributed by atoms with Gasteiger partial charge in [-0.15, -0.1) is 0 Å². The van der Waals surface area contributed by atoms with Crippen LogP contribution in [0.1, 0.15) is 23.2 Å². The fourth-order valence-corrected chi connectivity index (χ4v) is 2.28. The van der Waals surface area contributed by atoms with E-state index in [-0.39, 0.29) is 17.2 Å². The molecule has 1 heterocycles. The minimum Gasteiger partial charge on any atom is -0.478 e. The Kier molecular flexibility index (Phi) is 3.98. The van der Waals surface area contributed by atoms with Crippen molar-refractivity contribution >= 4 is 33.5 Å². The summed E-state index contributed by atoms with van der Waals surface area (Å²) in [6.45, 7) is 0.569. The average molecular weight is 314 g/mol. The first-order valence-electron chi connectivity index (χ1n) is 5.54. The molecule has 0 aromatic heterocycles. The number of amides is 1. The number of benzene rings is 1. The number of carbonyl (C=O) groups is 2. The zero-order chi connectivity index (χ0) is 13.1. The summed E-state index contributed by atoms with van der Waals surface area (Å²) in [7, 11) is 0. The summed E-state index contributed by atoms with van der Waals surface area (Å²) < 4.78 is 5.79. The van der Waals surface area contributed by atoms with E-state index in [1.54, 1.807) is 12.1 Å². The average Bonchev–Trinajstić information content (AvgIpc) is 2.85. The number of anilines is 1. The van der Waals surface area contributed by atoms with Crippen molar-refractivity contribution in [2.45, 2.75) is 18.9 Å². The number of rotatable bonds is 3. The highest BCUT2D eigenvalue weighted by Gasteiger charge is 2.25. The van der Waals surface area contributed by atoms with E-state index >= 15 is 0 Å². The molecule has 0 spiro atoms. The zero-order valence-corrected chi connectivity index (χ0v) is 11.1. The minimum atomic E-state index is -1.08. The molecule has 2 rings (SSSR count). The van der Waals surface area contributed by atoms with Crippen LogP contribution in [0.2, 0.25) is 0 Å². The Hall–Kier alpha value is -1.40. The molecule has 18 heavy (non-hydrogen) atoms. The van der Waals surface area contributed by atoms with Gasteiger partial charge in [0, 0.05) is 11.1 Å². The van der Waals surface area contributed by atoms with Crippen molar-refractivity contribution in [2.24, 2.45) is 0 Å². The fourth-order valence-electron chi connectivity index (χ4n) is 1.82. The van der Waals surface area contributed by atoms with Crippen LogP contribution in [-0.4, -0.2) is 29.7 Å². The second-order valence-electron chi connectivity index (χ2n) is 3.96. The van der Waals surface area contributed by atoms with Crippen molar-refractivity contribution in [1.82, 2.24) is 0 Å². The summed E-state index contributed by atoms with van der Waals surface area (Å²) in [5.74, 6) is -1.39. The lowest BCUT2D eigenvalue weighted by Crippen LogP contribution is -2.27. The molecule has 0 aliphatic carbocycles. The number of hydrogen-bond acceptors (Lipinski definition) is 3. The van der Waals surface area contributed by atoms with E-state index in [2.05, 4.69) is 21.2 Å². The van der Waals surface area contributed by atoms with Gasteiger partial charge in [0.15, 0.2) is 0 Å². The van der Waals surface area contributed by atoms with E-state index < -0.39 is 12.1 Å². The van der Waals surface area contributed by atoms with Gasteiger partial charge in [-0.05, 0) is 40.9 Å². The van der Waals surface area contributed by atoms with Crippen LogP contribution in [0.15, 0.2) is 22.7 Å². The van der Waals surface area contributed by atoms with Gasteiger partial charge in [-0.25, -0.2) is 4.79 Å². The predicted octanol–water partition coefficient (Wildman–Crippen LogP) is 2.26. The highest BCUT2D eigenvalue weighted by molar-refractivity contribution is 9.10. The zero-order valence-electron chi connectivity index (χ0n) is 9.48. The van der Waals surface area contributed by atoms with Crippen LogP contribution in [0.5, 0.6) is 0 Å². The molecule has 1 atom stereocenters. The molecule has 0 radical (unpaired) electrons. The maximum Gasteiger partial charge on any atom is 0.337 e. The first-order chi connectivity index (χ1) is 8.59. The van der Waals surface area contributed by atoms with Gasteiger partial charge < -0.3 is 15.2 Å². The Morgan fingerprint density at radius 2 is 2.22 bits per heavy atom. The van der Waals surface area contributed by atoms with E-state index in [9.17, 15) is 9.59 Å². The van der Waals surface area contributed by atoms with E-state index in [0.29, 0.717) is 17.5 Å². The molecule has 6 heteroatoms. The highest BCUT2D eigenvalue weighted by atomic mass is 79.9. The van der Waals surface area contributed by atoms with Gasteiger partial charge in [-0.1, -0.05) is 6.07 Å². The molecule has 0 saturated carbocycles. The van der Waals surface area contributed by atoms with Crippen LogP contribution in [-0.2, 0) is 9.53 Å². The number of aromatic carboxylic acids is 1. The molecule has 1 aliphatic rings. The predicted molar refractivity (Wildman–Crippen MR) is 68.7 cm³/mol.